The molecular formula is C16H19O2PS. The second-order valence-corrected chi connectivity index (χ2v) is 6.24. The van der Waals surface area contributed by atoms with Gasteiger partial charge < -0.3 is 9.05 Å². The summed E-state index contributed by atoms with van der Waals surface area (Å²) < 4.78 is 11.4. The van der Waals surface area contributed by atoms with Crippen molar-refractivity contribution in [3.63, 3.8) is 0 Å². The van der Waals surface area contributed by atoms with E-state index in [0.29, 0.717) is 0 Å². The average Bonchev–Trinajstić information content (AvgIpc) is 2.49. The van der Waals surface area contributed by atoms with Gasteiger partial charge in [-0.15, -0.1) is 0 Å². The number of thiol groups is 1. The molecule has 0 saturated carbocycles. The third-order valence-electron chi connectivity index (χ3n) is 3.03. The van der Waals surface area contributed by atoms with Gasteiger partial charge in [-0.2, -0.15) is 0 Å². The van der Waals surface area contributed by atoms with Gasteiger partial charge in [0.1, 0.15) is 11.5 Å². The predicted molar refractivity (Wildman–Crippen MR) is 88.8 cm³/mol. The van der Waals surface area contributed by atoms with Crippen LogP contribution >= 0.6 is 19.8 Å². The van der Waals surface area contributed by atoms with E-state index in [2.05, 4.69) is 50.4 Å². The molecule has 106 valence electrons. The van der Waals surface area contributed by atoms with Crippen molar-refractivity contribution in [2.75, 3.05) is 0 Å². The molecule has 0 saturated heterocycles. The van der Waals surface area contributed by atoms with E-state index >= 15 is 0 Å². The molecule has 0 unspecified atom stereocenters. The van der Waals surface area contributed by atoms with Crippen LogP contribution in [0, 0.1) is 0 Å². The lowest BCUT2D eigenvalue weighted by atomic mass is 10.2. The molecule has 0 amide bonds. The molecule has 2 nitrogen and oxygen atoms in total. The van der Waals surface area contributed by atoms with Gasteiger partial charge in [0.25, 0.3) is 0 Å². The van der Waals surface area contributed by atoms with Crippen LogP contribution in [0.15, 0.2) is 48.5 Å². The number of hydrogen-bond acceptors (Lipinski definition) is 3. The quantitative estimate of drug-likeness (QED) is 0.567. The molecule has 0 aliphatic rings. The first kappa shape index (κ1) is 15.2. The number of benzene rings is 2. The molecule has 0 spiro atoms. The Balaban J connectivity index is 1.91. The zero-order valence-corrected chi connectivity index (χ0v) is 13.5. The monoisotopic (exact) mass is 306 g/mol. The molecule has 2 aromatic carbocycles. The van der Waals surface area contributed by atoms with E-state index < -0.39 is 7.58 Å². The molecule has 0 fully saturated rings. The minimum Gasteiger partial charge on any atom is -0.431 e. The van der Waals surface area contributed by atoms with Gasteiger partial charge in [-0.25, -0.2) is 0 Å². The molecule has 4 heteroatoms. The summed E-state index contributed by atoms with van der Waals surface area (Å²) >= 11 is 4.37. The van der Waals surface area contributed by atoms with Gasteiger partial charge in [-0.3, -0.25) is 0 Å². The molecule has 0 aliphatic heterocycles. The fraction of sp³-hybridized carbons (Fsp3) is 0.250. The molecule has 0 atom stereocenters. The Morgan fingerprint density at radius 3 is 1.40 bits per heavy atom. The van der Waals surface area contributed by atoms with Crippen LogP contribution in [0.5, 0.6) is 11.5 Å². The maximum Gasteiger partial charge on any atom is 0.357 e. The standard InChI is InChI=1S/C16H19O2PS/c1-3-13-5-9-15(10-6-13)17-19(20)18-16-11-7-14(4-2)8-12-16/h5-12,20H,3-4H2,1-2H3. The van der Waals surface area contributed by atoms with Crippen molar-refractivity contribution in [1.29, 1.82) is 0 Å². The smallest absolute Gasteiger partial charge is 0.357 e. The summed E-state index contributed by atoms with van der Waals surface area (Å²) in [5.74, 6) is 1.57. The number of rotatable bonds is 6. The van der Waals surface area contributed by atoms with E-state index in [1.54, 1.807) is 0 Å². The highest BCUT2D eigenvalue weighted by Gasteiger charge is 2.09. The van der Waals surface area contributed by atoms with Crippen LogP contribution in [-0.2, 0) is 12.8 Å². The molecule has 0 N–H and O–H groups in total. The van der Waals surface area contributed by atoms with E-state index in [4.69, 9.17) is 9.05 Å². The molecular weight excluding hydrogens is 287 g/mol. The fourth-order valence-electron chi connectivity index (χ4n) is 1.77. The first-order valence-corrected chi connectivity index (χ1v) is 9.07. The Bertz CT molecular complexity index is 476. The van der Waals surface area contributed by atoms with E-state index in [9.17, 15) is 0 Å². The van der Waals surface area contributed by atoms with Gasteiger partial charge in [-0.1, -0.05) is 50.4 Å². The molecule has 0 bridgehead atoms. The van der Waals surface area contributed by atoms with E-state index in [0.717, 1.165) is 24.3 Å². The van der Waals surface area contributed by atoms with Crippen molar-refractivity contribution in [3.8, 4) is 11.5 Å². The lowest BCUT2D eigenvalue weighted by Gasteiger charge is -2.14. The second kappa shape index (κ2) is 7.56. The zero-order valence-electron chi connectivity index (χ0n) is 11.7. The van der Waals surface area contributed by atoms with Crippen LogP contribution in [0.3, 0.4) is 0 Å². The number of hydrogen-bond donors (Lipinski definition) is 1. The van der Waals surface area contributed by atoms with Gasteiger partial charge >= 0.3 is 7.58 Å². The summed E-state index contributed by atoms with van der Waals surface area (Å²) in [7, 11) is -1.27. The highest BCUT2D eigenvalue weighted by molar-refractivity contribution is 8.42. The highest BCUT2D eigenvalue weighted by Crippen LogP contribution is 2.44. The minimum absolute atomic E-state index is 0.786. The summed E-state index contributed by atoms with van der Waals surface area (Å²) in [6.45, 7) is 4.26. The summed E-state index contributed by atoms with van der Waals surface area (Å²) in [5.41, 5.74) is 2.58. The van der Waals surface area contributed by atoms with E-state index in [1.165, 1.54) is 11.1 Å². The van der Waals surface area contributed by atoms with Gasteiger partial charge in [0.2, 0.25) is 0 Å². The molecule has 2 aromatic rings. The van der Waals surface area contributed by atoms with Gasteiger partial charge in [0, 0.05) is 0 Å². The van der Waals surface area contributed by atoms with Crippen LogP contribution in [0.4, 0.5) is 0 Å². The predicted octanol–water partition coefficient (Wildman–Crippen LogP) is 5.43. The lowest BCUT2D eigenvalue weighted by molar-refractivity contribution is 0.510. The Hall–Kier alpha value is -1.18. The Kier molecular flexibility index (Phi) is 5.75. The first-order valence-electron chi connectivity index (χ1n) is 6.74. The molecule has 0 radical (unpaired) electrons. The van der Waals surface area contributed by atoms with Crippen LogP contribution in [0.1, 0.15) is 25.0 Å². The molecule has 0 aromatic heterocycles. The van der Waals surface area contributed by atoms with E-state index in [-0.39, 0.29) is 0 Å². The van der Waals surface area contributed by atoms with Crippen LogP contribution in [0.2, 0.25) is 0 Å². The third-order valence-corrected chi connectivity index (χ3v) is 4.25. The van der Waals surface area contributed by atoms with Crippen LogP contribution in [-0.4, -0.2) is 0 Å². The summed E-state index contributed by atoms with van der Waals surface area (Å²) in [5, 5.41) is 0. The first-order chi connectivity index (χ1) is 9.71. The Morgan fingerprint density at radius 1 is 0.750 bits per heavy atom. The van der Waals surface area contributed by atoms with Gasteiger partial charge in [0.05, 0.1) is 0 Å². The van der Waals surface area contributed by atoms with Gasteiger partial charge in [-0.05, 0) is 48.2 Å². The highest BCUT2D eigenvalue weighted by atomic mass is 32.7. The SMILES string of the molecule is CCc1ccc(OP(S)Oc2ccc(CC)cc2)cc1. The molecule has 0 heterocycles. The Labute approximate surface area is 127 Å². The van der Waals surface area contributed by atoms with Crippen molar-refractivity contribution in [2.24, 2.45) is 0 Å². The van der Waals surface area contributed by atoms with E-state index in [1.807, 2.05) is 24.3 Å². The van der Waals surface area contributed by atoms with Crippen molar-refractivity contribution in [1.82, 2.24) is 0 Å². The molecule has 20 heavy (non-hydrogen) atoms. The summed E-state index contributed by atoms with van der Waals surface area (Å²) in [6.07, 6.45) is 2.05. The summed E-state index contributed by atoms with van der Waals surface area (Å²) in [6, 6.07) is 16.0. The largest absolute Gasteiger partial charge is 0.431 e. The van der Waals surface area contributed by atoms with Crippen molar-refractivity contribution < 1.29 is 9.05 Å². The topological polar surface area (TPSA) is 18.5 Å². The van der Waals surface area contributed by atoms with Crippen molar-refractivity contribution in [3.05, 3.63) is 59.7 Å². The number of aryl methyl sites for hydroxylation is 2. The normalized spacial score (nSPS) is 10.6. The Morgan fingerprint density at radius 2 is 1.10 bits per heavy atom. The van der Waals surface area contributed by atoms with Crippen molar-refractivity contribution >= 4 is 19.8 Å². The maximum atomic E-state index is 5.68. The van der Waals surface area contributed by atoms with Gasteiger partial charge in [0.15, 0.2) is 0 Å². The zero-order chi connectivity index (χ0) is 14.4. The lowest BCUT2D eigenvalue weighted by Crippen LogP contribution is -1.91. The fourth-order valence-corrected chi connectivity index (χ4v) is 2.98. The maximum absolute atomic E-state index is 5.68. The van der Waals surface area contributed by atoms with Crippen molar-refractivity contribution in [2.45, 2.75) is 26.7 Å². The molecule has 0 aliphatic carbocycles. The second-order valence-electron chi connectivity index (χ2n) is 4.42. The van der Waals surface area contributed by atoms with Crippen LogP contribution in [0.25, 0.3) is 0 Å². The van der Waals surface area contributed by atoms with Crippen LogP contribution < -0.4 is 9.05 Å². The molecule has 2 rings (SSSR count). The average molecular weight is 306 g/mol. The summed E-state index contributed by atoms with van der Waals surface area (Å²) in [4.78, 5) is 0. The minimum atomic E-state index is -1.27. The third kappa shape index (κ3) is 4.43.